The molecule has 0 radical (unpaired) electrons. The highest BCUT2D eigenvalue weighted by Gasteiger charge is 2.39. The zero-order valence-corrected chi connectivity index (χ0v) is 17.0. The van der Waals surface area contributed by atoms with Gasteiger partial charge in [0.15, 0.2) is 0 Å². The van der Waals surface area contributed by atoms with Crippen molar-refractivity contribution in [3.05, 3.63) is 41.8 Å². The van der Waals surface area contributed by atoms with E-state index >= 15 is 0 Å². The van der Waals surface area contributed by atoms with E-state index in [1.54, 1.807) is 0 Å². The SMILES string of the molecule is CCC1COC(=O)N1C1CCN(C(=O)Cc2nc(-c3ccccc3)oc2C)CC1. The largest absolute Gasteiger partial charge is 0.447 e. The average molecular weight is 397 g/mol. The Labute approximate surface area is 170 Å². The first-order chi connectivity index (χ1) is 14.1. The Morgan fingerprint density at radius 3 is 2.62 bits per heavy atom. The average Bonchev–Trinajstić information content (AvgIpc) is 3.31. The van der Waals surface area contributed by atoms with Crippen molar-refractivity contribution < 1.29 is 18.7 Å². The minimum atomic E-state index is -0.215. The van der Waals surface area contributed by atoms with Crippen LogP contribution in [0.1, 0.15) is 37.6 Å². The Morgan fingerprint density at radius 2 is 1.93 bits per heavy atom. The van der Waals surface area contributed by atoms with Gasteiger partial charge < -0.3 is 14.1 Å². The highest BCUT2D eigenvalue weighted by Crippen LogP contribution is 2.26. The molecule has 3 heterocycles. The lowest BCUT2D eigenvalue weighted by molar-refractivity contribution is -0.132. The summed E-state index contributed by atoms with van der Waals surface area (Å²) in [6, 6.07) is 9.99. The number of piperidine rings is 1. The van der Waals surface area contributed by atoms with Gasteiger partial charge in [-0.25, -0.2) is 9.78 Å². The molecule has 4 rings (SSSR count). The molecule has 1 unspecified atom stereocenters. The summed E-state index contributed by atoms with van der Waals surface area (Å²) in [5.74, 6) is 1.27. The van der Waals surface area contributed by atoms with Crippen LogP contribution >= 0.6 is 0 Å². The summed E-state index contributed by atoms with van der Waals surface area (Å²) in [4.78, 5) is 33.2. The van der Waals surface area contributed by atoms with E-state index in [1.807, 2.05) is 47.1 Å². The van der Waals surface area contributed by atoms with Crippen molar-refractivity contribution in [3.63, 3.8) is 0 Å². The smallest absolute Gasteiger partial charge is 0.410 e. The van der Waals surface area contributed by atoms with Gasteiger partial charge in [0.05, 0.1) is 18.2 Å². The quantitative estimate of drug-likeness (QED) is 0.773. The van der Waals surface area contributed by atoms with E-state index in [0.29, 0.717) is 37.0 Å². The molecule has 2 aliphatic rings. The Balaban J connectivity index is 1.36. The van der Waals surface area contributed by atoms with Crippen LogP contribution < -0.4 is 0 Å². The number of nitrogens with zero attached hydrogens (tertiary/aromatic N) is 3. The number of carbonyl (C=O) groups is 2. The predicted molar refractivity (Wildman–Crippen MR) is 107 cm³/mol. The van der Waals surface area contributed by atoms with Gasteiger partial charge in [-0.1, -0.05) is 25.1 Å². The Kier molecular flexibility index (Phi) is 5.56. The van der Waals surface area contributed by atoms with E-state index in [4.69, 9.17) is 9.15 Å². The van der Waals surface area contributed by atoms with E-state index < -0.39 is 0 Å². The lowest BCUT2D eigenvalue weighted by Gasteiger charge is -2.37. The molecule has 7 heteroatoms. The summed E-state index contributed by atoms with van der Waals surface area (Å²) < 4.78 is 11.0. The second kappa shape index (κ2) is 8.27. The first-order valence-corrected chi connectivity index (χ1v) is 10.3. The summed E-state index contributed by atoms with van der Waals surface area (Å²) in [6.45, 7) is 5.68. The van der Waals surface area contributed by atoms with Crippen LogP contribution in [0.5, 0.6) is 0 Å². The maximum Gasteiger partial charge on any atom is 0.410 e. The van der Waals surface area contributed by atoms with Crippen LogP contribution in [0.4, 0.5) is 4.79 Å². The number of oxazole rings is 1. The molecule has 0 N–H and O–H groups in total. The van der Waals surface area contributed by atoms with E-state index in [-0.39, 0.29) is 30.5 Å². The van der Waals surface area contributed by atoms with E-state index in [1.165, 1.54) is 0 Å². The zero-order valence-electron chi connectivity index (χ0n) is 17.0. The number of carbonyl (C=O) groups excluding carboxylic acids is 2. The molecule has 29 heavy (non-hydrogen) atoms. The topological polar surface area (TPSA) is 75.9 Å². The summed E-state index contributed by atoms with van der Waals surface area (Å²) in [5.41, 5.74) is 1.59. The van der Waals surface area contributed by atoms with Gasteiger partial charge in [0.1, 0.15) is 12.4 Å². The molecule has 2 amide bonds. The van der Waals surface area contributed by atoms with Crippen LogP contribution in [0.3, 0.4) is 0 Å². The molecular weight excluding hydrogens is 370 g/mol. The lowest BCUT2D eigenvalue weighted by Crippen LogP contribution is -2.49. The molecule has 0 aliphatic carbocycles. The van der Waals surface area contributed by atoms with Crippen LogP contribution in [-0.4, -0.2) is 58.6 Å². The van der Waals surface area contributed by atoms with Crippen molar-refractivity contribution in [2.24, 2.45) is 0 Å². The van der Waals surface area contributed by atoms with E-state index in [2.05, 4.69) is 11.9 Å². The highest BCUT2D eigenvalue weighted by molar-refractivity contribution is 5.79. The second-order valence-corrected chi connectivity index (χ2v) is 7.72. The van der Waals surface area contributed by atoms with Gasteiger partial charge in [-0.05, 0) is 38.3 Å². The van der Waals surface area contributed by atoms with Crippen molar-refractivity contribution in [3.8, 4) is 11.5 Å². The molecule has 0 saturated carbocycles. The van der Waals surface area contributed by atoms with Gasteiger partial charge in [0.25, 0.3) is 0 Å². The van der Waals surface area contributed by atoms with Crippen molar-refractivity contribution >= 4 is 12.0 Å². The monoisotopic (exact) mass is 397 g/mol. The van der Waals surface area contributed by atoms with Crippen molar-refractivity contribution in [2.75, 3.05) is 19.7 Å². The molecular formula is C22H27N3O4. The summed E-state index contributed by atoms with van der Waals surface area (Å²) in [7, 11) is 0. The fourth-order valence-corrected chi connectivity index (χ4v) is 4.18. The maximum absolute atomic E-state index is 12.8. The minimum Gasteiger partial charge on any atom is -0.447 e. The third kappa shape index (κ3) is 3.99. The molecule has 2 aromatic rings. The fourth-order valence-electron chi connectivity index (χ4n) is 4.18. The Hall–Kier alpha value is -2.83. The van der Waals surface area contributed by atoms with Gasteiger partial charge >= 0.3 is 6.09 Å². The highest BCUT2D eigenvalue weighted by atomic mass is 16.6. The molecule has 0 spiro atoms. The first kappa shape index (κ1) is 19.5. The normalized spacial score (nSPS) is 20.2. The molecule has 2 fully saturated rings. The second-order valence-electron chi connectivity index (χ2n) is 7.72. The number of amides is 2. The molecule has 2 saturated heterocycles. The van der Waals surface area contributed by atoms with Crippen LogP contribution in [0.25, 0.3) is 11.5 Å². The van der Waals surface area contributed by atoms with Gasteiger partial charge in [-0.2, -0.15) is 0 Å². The standard InChI is InChI=1S/C22H27N3O4/c1-3-17-14-28-22(27)25(17)18-9-11-24(12-10-18)20(26)13-19-15(2)29-21(23-19)16-7-5-4-6-8-16/h4-8,17-18H,3,9-14H2,1-2H3. The van der Waals surface area contributed by atoms with E-state index in [0.717, 1.165) is 24.8 Å². The zero-order chi connectivity index (χ0) is 20.4. The van der Waals surface area contributed by atoms with Crippen LogP contribution in [0.2, 0.25) is 0 Å². The molecule has 2 aliphatic heterocycles. The minimum absolute atomic E-state index is 0.0514. The molecule has 154 valence electrons. The van der Waals surface area contributed by atoms with Gasteiger partial charge in [-0.3, -0.25) is 9.69 Å². The number of rotatable bonds is 5. The lowest BCUT2D eigenvalue weighted by atomic mass is 10.0. The number of likely N-dealkylation sites (tertiary alicyclic amines) is 1. The number of hydrogen-bond acceptors (Lipinski definition) is 5. The molecule has 1 aromatic heterocycles. The molecule has 7 nitrogen and oxygen atoms in total. The Bertz CT molecular complexity index is 871. The number of cyclic esters (lactones) is 1. The van der Waals surface area contributed by atoms with Crippen molar-refractivity contribution in [2.45, 2.75) is 51.6 Å². The fraction of sp³-hybridized carbons (Fsp3) is 0.500. The number of benzene rings is 1. The van der Waals surface area contributed by atoms with Crippen molar-refractivity contribution in [1.29, 1.82) is 0 Å². The van der Waals surface area contributed by atoms with Crippen LogP contribution in [0, 0.1) is 6.92 Å². The number of ether oxygens (including phenoxy) is 1. The predicted octanol–water partition coefficient (Wildman–Crippen LogP) is 3.41. The van der Waals surface area contributed by atoms with Crippen LogP contribution in [-0.2, 0) is 16.0 Å². The maximum atomic E-state index is 12.8. The molecule has 1 aromatic carbocycles. The molecule has 1 atom stereocenters. The van der Waals surface area contributed by atoms with Gasteiger partial charge in [-0.15, -0.1) is 0 Å². The summed E-state index contributed by atoms with van der Waals surface area (Å²) >= 11 is 0. The molecule has 0 bridgehead atoms. The number of aromatic nitrogens is 1. The van der Waals surface area contributed by atoms with Gasteiger partial charge in [0.2, 0.25) is 11.8 Å². The summed E-state index contributed by atoms with van der Waals surface area (Å²) in [5, 5.41) is 0. The first-order valence-electron chi connectivity index (χ1n) is 10.3. The van der Waals surface area contributed by atoms with Crippen molar-refractivity contribution in [1.82, 2.24) is 14.8 Å². The third-order valence-corrected chi connectivity index (χ3v) is 5.92. The Morgan fingerprint density at radius 1 is 1.21 bits per heavy atom. The number of hydrogen-bond donors (Lipinski definition) is 0. The summed E-state index contributed by atoms with van der Waals surface area (Å²) in [6.07, 6.45) is 2.47. The van der Waals surface area contributed by atoms with Crippen LogP contribution in [0.15, 0.2) is 34.7 Å². The number of aryl methyl sites for hydroxylation is 1. The van der Waals surface area contributed by atoms with E-state index in [9.17, 15) is 9.59 Å². The third-order valence-electron chi connectivity index (χ3n) is 5.92. The van der Waals surface area contributed by atoms with Gasteiger partial charge in [0, 0.05) is 24.7 Å².